The van der Waals surface area contributed by atoms with Crippen LogP contribution in [-0.2, 0) is 6.42 Å². The lowest BCUT2D eigenvalue weighted by Gasteiger charge is -2.10. The highest BCUT2D eigenvalue weighted by Crippen LogP contribution is 2.19. The van der Waals surface area contributed by atoms with Gasteiger partial charge in [0.05, 0.1) is 0 Å². The third-order valence-corrected chi connectivity index (χ3v) is 3.61. The summed E-state index contributed by atoms with van der Waals surface area (Å²) < 4.78 is 0. The molecule has 102 valence electrons. The Kier molecular flexibility index (Phi) is 7.04. The molecule has 1 aromatic carbocycles. The van der Waals surface area contributed by atoms with E-state index in [1.54, 1.807) is 0 Å². The first-order valence-corrected chi connectivity index (χ1v) is 7.45. The van der Waals surface area contributed by atoms with Gasteiger partial charge >= 0.3 is 0 Å². The number of hydrogen-bond acceptors (Lipinski definition) is 1. The topological polar surface area (TPSA) is 12.0 Å². The zero-order valence-electron chi connectivity index (χ0n) is 12.5. The minimum atomic E-state index is 0.611. The highest BCUT2D eigenvalue weighted by Gasteiger charge is 2.02. The smallest absolute Gasteiger partial charge is 0.00103 e. The Bertz CT molecular complexity index is 313. The maximum atomic E-state index is 3.46. The SMILES string of the molecule is CCC(C)c1ccc(CCCCNC(C)C)cc1. The molecule has 0 bridgehead atoms. The van der Waals surface area contributed by atoms with E-state index < -0.39 is 0 Å². The van der Waals surface area contributed by atoms with Crippen LogP contribution in [0.1, 0.15) is 64.0 Å². The average molecular weight is 247 g/mol. The fourth-order valence-electron chi connectivity index (χ4n) is 2.09. The minimum absolute atomic E-state index is 0.611. The van der Waals surface area contributed by atoms with Crippen LogP contribution in [0.4, 0.5) is 0 Å². The van der Waals surface area contributed by atoms with Crippen molar-refractivity contribution in [3.8, 4) is 0 Å². The summed E-state index contributed by atoms with van der Waals surface area (Å²) in [6, 6.07) is 9.82. The number of aryl methyl sites for hydroxylation is 1. The largest absolute Gasteiger partial charge is 0.315 e. The Morgan fingerprint density at radius 1 is 1.00 bits per heavy atom. The van der Waals surface area contributed by atoms with Gasteiger partial charge in [-0.3, -0.25) is 0 Å². The summed E-state index contributed by atoms with van der Waals surface area (Å²) in [6.45, 7) is 10.1. The minimum Gasteiger partial charge on any atom is -0.315 e. The van der Waals surface area contributed by atoms with Gasteiger partial charge in [-0.15, -0.1) is 0 Å². The van der Waals surface area contributed by atoms with Crippen molar-refractivity contribution in [1.29, 1.82) is 0 Å². The lowest BCUT2D eigenvalue weighted by molar-refractivity contribution is 0.557. The van der Waals surface area contributed by atoms with Crippen LogP contribution in [-0.4, -0.2) is 12.6 Å². The molecule has 1 heteroatoms. The second kappa shape index (κ2) is 8.31. The normalized spacial score (nSPS) is 12.9. The summed E-state index contributed by atoms with van der Waals surface area (Å²) in [7, 11) is 0. The van der Waals surface area contributed by atoms with E-state index in [9.17, 15) is 0 Å². The molecule has 1 nitrogen and oxygen atoms in total. The molecule has 0 saturated heterocycles. The van der Waals surface area contributed by atoms with Crippen molar-refractivity contribution in [1.82, 2.24) is 5.32 Å². The van der Waals surface area contributed by atoms with Crippen LogP contribution in [0.3, 0.4) is 0 Å². The first-order chi connectivity index (χ1) is 8.63. The molecule has 0 amide bonds. The van der Waals surface area contributed by atoms with E-state index >= 15 is 0 Å². The molecule has 0 aliphatic carbocycles. The lowest BCUT2D eigenvalue weighted by atomic mass is 9.96. The fourth-order valence-corrected chi connectivity index (χ4v) is 2.09. The van der Waals surface area contributed by atoms with Crippen molar-refractivity contribution in [2.24, 2.45) is 0 Å². The number of nitrogens with one attached hydrogen (secondary N) is 1. The lowest BCUT2D eigenvalue weighted by Crippen LogP contribution is -2.23. The highest BCUT2D eigenvalue weighted by molar-refractivity contribution is 5.25. The van der Waals surface area contributed by atoms with Gasteiger partial charge in [0.15, 0.2) is 0 Å². The van der Waals surface area contributed by atoms with E-state index in [2.05, 4.69) is 57.3 Å². The standard InChI is InChI=1S/C17H29N/c1-5-15(4)17-11-9-16(10-12-17)8-6-7-13-18-14(2)3/h9-12,14-15,18H,5-8,13H2,1-4H3. The number of hydrogen-bond donors (Lipinski definition) is 1. The molecule has 0 spiro atoms. The van der Waals surface area contributed by atoms with E-state index in [1.165, 1.54) is 36.8 Å². The summed E-state index contributed by atoms with van der Waals surface area (Å²) in [5.41, 5.74) is 2.95. The van der Waals surface area contributed by atoms with Crippen LogP contribution in [0, 0.1) is 0 Å². The van der Waals surface area contributed by atoms with Crippen molar-refractivity contribution < 1.29 is 0 Å². The molecule has 0 aliphatic rings. The summed E-state index contributed by atoms with van der Waals surface area (Å²) >= 11 is 0. The Labute approximate surface area is 113 Å². The van der Waals surface area contributed by atoms with Crippen molar-refractivity contribution in [2.75, 3.05) is 6.54 Å². The molecule has 1 rings (SSSR count). The molecule has 1 atom stereocenters. The zero-order valence-corrected chi connectivity index (χ0v) is 12.5. The van der Waals surface area contributed by atoms with E-state index in [1.807, 2.05) is 0 Å². The molecule has 0 radical (unpaired) electrons. The molecule has 0 saturated carbocycles. The van der Waals surface area contributed by atoms with E-state index in [4.69, 9.17) is 0 Å². The molecule has 0 aliphatic heterocycles. The molecule has 1 unspecified atom stereocenters. The van der Waals surface area contributed by atoms with Gasteiger partial charge in [-0.25, -0.2) is 0 Å². The van der Waals surface area contributed by atoms with Crippen LogP contribution >= 0.6 is 0 Å². The second-order valence-corrected chi connectivity index (χ2v) is 5.62. The zero-order chi connectivity index (χ0) is 13.4. The van der Waals surface area contributed by atoms with E-state index in [-0.39, 0.29) is 0 Å². The Hall–Kier alpha value is -0.820. The van der Waals surface area contributed by atoms with Crippen LogP contribution < -0.4 is 5.32 Å². The number of unbranched alkanes of at least 4 members (excludes halogenated alkanes) is 1. The molecular weight excluding hydrogens is 218 g/mol. The molecule has 1 N–H and O–H groups in total. The van der Waals surface area contributed by atoms with Gasteiger partial charge in [0.1, 0.15) is 0 Å². The molecule has 0 fully saturated rings. The van der Waals surface area contributed by atoms with Crippen LogP contribution in [0.5, 0.6) is 0 Å². The van der Waals surface area contributed by atoms with Crippen LogP contribution in [0.15, 0.2) is 24.3 Å². The van der Waals surface area contributed by atoms with Gasteiger partial charge in [-0.1, -0.05) is 52.0 Å². The van der Waals surface area contributed by atoms with Crippen LogP contribution in [0.25, 0.3) is 0 Å². The Morgan fingerprint density at radius 2 is 1.67 bits per heavy atom. The maximum Gasteiger partial charge on any atom is 0.00103 e. The van der Waals surface area contributed by atoms with Gasteiger partial charge < -0.3 is 5.32 Å². The quantitative estimate of drug-likeness (QED) is 0.666. The van der Waals surface area contributed by atoms with Crippen molar-refractivity contribution in [3.05, 3.63) is 35.4 Å². The third-order valence-electron chi connectivity index (χ3n) is 3.61. The summed E-state index contributed by atoms with van der Waals surface area (Å²) in [6.07, 6.45) is 4.98. The predicted octanol–water partition coefficient (Wildman–Crippen LogP) is 4.52. The summed E-state index contributed by atoms with van der Waals surface area (Å²) in [5, 5.41) is 3.46. The summed E-state index contributed by atoms with van der Waals surface area (Å²) in [4.78, 5) is 0. The fraction of sp³-hybridized carbons (Fsp3) is 0.647. The molecule has 1 aromatic rings. The average Bonchev–Trinajstić information content (AvgIpc) is 2.38. The van der Waals surface area contributed by atoms with Crippen LogP contribution in [0.2, 0.25) is 0 Å². The Morgan fingerprint density at radius 3 is 2.22 bits per heavy atom. The first kappa shape index (κ1) is 15.2. The van der Waals surface area contributed by atoms with Crippen molar-refractivity contribution >= 4 is 0 Å². The molecular formula is C17H29N. The van der Waals surface area contributed by atoms with Gasteiger partial charge in [0.2, 0.25) is 0 Å². The third kappa shape index (κ3) is 5.68. The first-order valence-electron chi connectivity index (χ1n) is 7.45. The highest BCUT2D eigenvalue weighted by atomic mass is 14.9. The second-order valence-electron chi connectivity index (χ2n) is 5.62. The van der Waals surface area contributed by atoms with Gasteiger partial charge in [0, 0.05) is 6.04 Å². The number of rotatable bonds is 8. The molecule has 0 heterocycles. The van der Waals surface area contributed by atoms with Gasteiger partial charge in [-0.05, 0) is 49.3 Å². The van der Waals surface area contributed by atoms with Crippen molar-refractivity contribution in [3.63, 3.8) is 0 Å². The Balaban J connectivity index is 2.27. The van der Waals surface area contributed by atoms with Crippen molar-refractivity contribution in [2.45, 2.75) is 65.3 Å². The maximum absolute atomic E-state index is 3.46. The van der Waals surface area contributed by atoms with Gasteiger partial charge in [-0.2, -0.15) is 0 Å². The summed E-state index contributed by atoms with van der Waals surface area (Å²) in [5.74, 6) is 0.689. The van der Waals surface area contributed by atoms with E-state index in [0.717, 1.165) is 6.54 Å². The predicted molar refractivity (Wildman–Crippen MR) is 81.2 cm³/mol. The number of benzene rings is 1. The molecule has 0 aromatic heterocycles. The van der Waals surface area contributed by atoms with Gasteiger partial charge in [0.25, 0.3) is 0 Å². The van der Waals surface area contributed by atoms with E-state index in [0.29, 0.717) is 12.0 Å². The molecule has 18 heavy (non-hydrogen) atoms. The monoisotopic (exact) mass is 247 g/mol.